The van der Waals surface area contributed by atoms with Crippen molar-refractivity contribution in [2.24, 2.45) is 0 Å². The second-order valence-corrected chi connectivity index (χ2v) is 5.08. The highest BCUT2D eigenvalue weighted by atomic mass is 16.6. The van der Waals surface area contributed by atoms with Crippen LogP contribution < -0.4 is 5.32 Å². The molecule has 2 rings (SSSR count). The van der Waals surface area contributed by atoms with Crippen LogP contribution in [0.5, 0.6) is 0 Å². The molecule has 0 amide bonds. The molecule has 0 radical (unpaired) electrons. The van der Waals surface area contributed by atoms with Gasteiger partial charge in [0.15, 0.2) is 0 Å². The minimum atomic E-state index is -0.412. The quantitative estimate of drug-likeness (QED) is 0.670. The molecule has 112 valence electrons. The SMILES string of the molecule is Cc1cnc(CNc2c([N+](=O)[O-])c(C)nn2C(C)C)cn1. The first-order valence-electron chi connectivity index (χ1n) is 6.65. The molecule has 8 nitrogen and oxygen atoms in total. The van der Waals surface area contributed by atoms with E-state index in [4.69, 9.17) is 0 Å². The summed E-state index contributed by atoms with van der Waals surface area (Å²) in [6, 6.07) is 0.0176. The molecule has 2 heterocycles. The summed E-state index contributed by atoms with van der Waals surface area (Å²) in [6.45, 7) is 7.69. The van der Waals surface area contributed by atoms with Crippen molar-refractivity contribution >= 4 is 11.5 Å². The van der Waals surface area contributed by atoms with E-state index in [9.17, 15) is 10.1 Å². The van der Waals surface area contributed by atoms with Crippen LogP contribution in [0.2, 0.25) is 0 Å². The second kappa shape index (κ2) is 5.86. The first kappa shape index (κ1) is 14.9. The third-order valence-electron chi connectivity index (χ3n) is 3.00. The molecule has 0 saturated carbocycles. The molecule has 8 heteroatoms. The zero-order chi connectivity index (χ0) is 15.6. The zero-order valence-electron chi connectivity index (χ0n) is 12.5. The Kier molecular flexibility index (Phi) is 4.15. The van der Waals surface area contributed by atoms with E-state index in [2.05, 4.69) is 20.4 Å². The molecule has 0 aliphatic heterocycles. The minimum Gasteiger partial charge on any atom is -0.359 e. The van der Waals surface area contributed by atoms with Gasteiger partial charge in [-0.2, -0.15) is 5.10 Å². The lowest BCUT2D eigenvalue weighted by atomic mass is 10.3. The molecule has 21 heavy (non-hydrogen) atoms. The van der Waals surface area contributed by atoms with Gasteiger partial charge in [0.05, 0.1) is 29.1 Å². The van der Waals surface area contributed by atoms with E-state index in [-0.39, 0.29) is 11.7 Å². The molecule has 0 saturated heterocycles. The Bertz CT molecular complexity index is 647. The van der Waals surface area contributed by atoms with Gasteiger partial charge >= 0.3 is 5.69 Å². The third kappa shape index (κ3) is 3.15. The average molecular weight is 290 g/mol. The molecule has 0 atom stereocenters. The van der Waals surface area contributed by atoms with Crippen molar-refractivity contribution in [2.45, 2.75) is 40.3 Å². The standard InChI is InChI=1S/C13H18N6O2/c1-8(2)18-13(12(19(20)21)10(4)17-18)16-7-11-6-14-9(3)5-15-11/h5-6,8,16H,7H2,1-4H3. The molecule has 0 unspecified atom stereocenters. The van der Waals surface area contributed by atoms with Crippen LogP contribution in [0.1, 0.15) is 37.0 Å². The van der Waals surface area contributed by atoms with Crippen LogP contribution in [0.15, 0.2) is 12.4 Å². The Morgan fingerprint density at radius 3 is 2.57 bits per heavy atom. The molecule has 0 fully saturated rings. The average Bonchev–Trinajstić information content (AvgIpc) is 2.75. The maximum atomic E-state index is 11.2. The molecular formula is C13H18N6O2. The van der Waals surface area contributed by atoms with Crippen LogP contribution in [0.25, 0.3) is 0 Å². The third-order valence-corrected chi connectivity index (χ3v) is 3.00. The maximum Gasteiger partial charge on any atom is 0.333 e. The second-order valence-electron chi connectivity index (χ2n) is 5.08. The number of hydrogen-bond acceptors (Lipinski definition) is 6. The van der Waals surface area contributed by atoms with Crippen molar-refractivity contribution in [1.29, 1.82) is 0 Å². The van der Waals surface area contributed by atoms with Gasteiger partial charge in [0.1, 0.15) is 5.69 Å². The Morgan fingerprint density at radius 1 is 1.33 bits per heavy atom. The molecule has 0 aliphatic rings. The largest absolute Gasteiger partial charge is 0.359 e. The van der Waals surface area contributed by atoms with Gasteiger partial charge in [-0.15, -0.1) is 0 Å². The number of aromatic nitrogens is 4. The lowest BCUT2D eigenvalue weighted by Gasteiger charge is -2.11. The van der Waals surface area contributed by atoms with Crippen molar-refractivity contribution in [3.05, 3.63) is 39.6 Å². The highest BCUT2D eigenvalue weighted by Crippen LogP contribution is 2.30. The Balaban J connectivity index is 2.29. The number of nitro groups is 1. The molecule has 0 bridgehead atoms. The summed E-state index contributed by atoms with van der Waals surface area (Å²) in [4.78, 5) is 19.2. The first-order chi connectivity index (χ1) is 9.90. The van der Waals surface area contributed by atoms with Crippen LogP contribution in [0.4, 0.5) is 11.5 Å². The summed E-state index contributed by atoms with van der Waals surface area (Å²) in [7, 11) is 0. The molecule has 2 aromatic rings. The van der Waals surface area contributed by atoms with Crippen LogP contribution >= 0.6 is 0 Å². The number of nitrogens with zero attached hydrogens (tertiary/aromatic N) is 5. The summed E-state index contributed by atoms with van der Waals surface area (Å²) < 4.78 is 1.62. The van der Waals surface area contributed by atoms with Gasteiger partial charge in [-0.1, -0.05) is 0 Å². The summed E-state index contributed by atoms with van der Waals surface area (Å²) in [6.07, 6.45) is 3.31. The predicted octanol–water partition coefficient (Wildman–Crippen LogP) is 2.39. The molecule has 2 aromatic heterocycles. The monoisotopic (exact) mass is 290 g/mol. The lowest BCUT2D eigenvalue weighted by molar-refractivity contribution is -0.384. The smallest absolute Gasteiger partial charge is 0.333 e. The molecule has 0 aliphatic carbocycles. The Labute approximate surface area is 122 Å². The Morgan fingerprint density at radius 2 is 2.05 bits per heavy atom. The van der Waals surface area contributed by atoms with Crippen molar-refractivity contribution in [2.75, 3.05) is 5.32 Å². The summed E-state index contributed by atoms with van der Waals surface area (Å²) >= 11 is 0. The summed E-state index contributed by atoms with van der Waals surface area (Å²) in [5.41, 5.74) is 1.94. The van der Waals surface area contributed by atoms with E-state index in [0.717, 1.165) is 5.69 Å². The summed E-state index contributed by atoms with van der Waals surface area (Å²) in [5, 5.41) is 18.5. The van der Waals surface area contributed by atoms with E-state index < -0.39 is 4.92 Å². The van der Waals surface area contributed by atoms with E-state index in [0.29, 0.717) is 23.8 Å². The normalized spacial score (nSPS) is 10.9. The van der Waals surface area contributed by atoms with E-state index in [1.165, 1.54) is 0 Å². The van der Waals surface area contributed by atoms with Gasteiger partial charge in [0.25, 0.3) is 0 Å². The number of nitrogens with one attached hydrogen (secondary N) is 1. The lowest BCUT2D eigenvalue weighted by Crippen LogP contribution is -2.11. The number of rotatable bonds is 5. The van der Waals surface area contributed by atoms with Gasteiger partial charge in [-0.3, -0.25) is 20.1 Å². The predicted molar refractivity (Wildman–Crippen MR) is 78.1 cm³/mol. The van der Waals surface area contributed by atoms with Gasteiger partial charge in [0, 0.05) is 12.2 Å². The van der Waals surface area contributed by atoms with Gasteiger partial charge < -0.3 is 5.32 Å². The maximum absolute atomic E-state index is 11.2. The van der Waals surface area contributed by atoms with Gasteiger partial charge in [0.2, 0.25) is 5.82 Å². The Hall–Kier alpha value is -2.51. The fraction of sp³-hybridized carbons (Fsp3) is 0.462. The zero-order valence-corrected chi connectivity index (χ0v) is 12.5. The van der Waals surface area contributed by atoms with Crippen LogP contribution in [-0.2, 0) is 6.54 Å². The molecular weight excluding hydrogens is 272 g/mol. The van der Waals surface area contributed by atoms with Crippen molar-refractivity contribution in [3.63, 3.8) is 0 Å². The number of hydrogen-bond donors (Lipinski definition) is 1. The fourth-order valence-corrected chi connectivity index (χ4v) is 1.98. The molecule has 0 spiro atoms. The van der Waals surface area contributed by atoms with Crippen molar-refractivity contribution in [3.8, 4) is 0 Å². The fourth-order valence-electron chi connectivity index (χ4n) is 1.98. The van der Waals surface area contributed by atoms with E-state index in [1.807, 2.05) is 20.8 Å². The summed E-state index contributed by atoms with van der Waals surface area (Å²) in [5.74, 6) is 0.398. The van der Waals surface area contributed by atoms with E-state index in [1.54, 1.807) is 24.0 Å². The highest BCUT2D eigenvalue weighted by Gasteiger charge is 2.26. The minimum absolute atomic E-state index is 0.00349. The highest BCUT2D eigenvalue weighted by molar-refractivity contribution is 5.59. The first-order valence-corrected chi connectivity index (χ1v) is 6.65. The van der Waals surface area contributed by atoms with Gasteiger partial charge in [-0.05, 0) is 27.7 Å². The van der Waals surface area contributed by atoms with Crippen molar-refractivity contribution < 1.29 is 4.92 Å². The van der Waals surface area contributed by atoms with Crippen LogP contribution in [-0.4, -0.2) is 24.7 Å². The van der Waals surface area contributed by atoms with Gasteiger partial charge in [-0.25, -0.2) is 4.68 Å². The molecule has 1 N–H and O–H groups in total. The van der Waals surface area contributed by atoms with Crippen LogP contribution in [0.3, 0.4) is 0 Å². The number of anilines is 1. The van der Waals surface area contributed by atoms with E-state index >= 15 is 0 Å². The number of aryl methyl sites for hydroxylation is 2. The molecule has 0 aromatic carbocycles. The van der Waals surface area contributed by atoms with Crippen LogP contribution in [0, 0.1) is 24.0 Å². The topological polar surface area (TPSA) is 98.8 Å². The van der Waals surface area contributed by atoms with Crippen molar-refractivity contribution in [1.82, 2.24) is 19.7 Å².